The molecule has 2 aromatic carbocycles. The van der Waals surface area contributed by atoms with Gasteiger partial charge < -0.3 is 5.32 Å². The number of rotatable bonds is 3. The SMILES string of the molecule is CC(C)(C)c1cc(C(C)(C)C)c(C(=O)NCc2ccccc2)c(C(C)(C)C)c1. The summed E-state index contributed by atoms with van der Waals surface area (Å²) < 4.78 is 0. The maximum absolute atomic E-state index is 13.4. The molecule has 1 amide bonds. The van der Waals surface area contributed by atoms with E-state index >= 15 is 0 Å². The Bertz CT molecular complexity index is 792. The van der Waals surface area contributed by atoms with Crippen LogP contribution in [0.5, 0.6) is 0 Å². The van der Waals surface area contributed by atoms with Gasteiger partial charge in [-0.25, -0.2) is 0 Å². The summed E-state index contributed by atoms with van der Waals surface area (Å²) in [5.41, 5.74) is 5.24. The van der Waals surface area contributed by atoms with Crippen molar-refractivity contribution in [1.29, 1.82) is 0 Å². The van der Waals surface area contributed by atoms with Crippen molar-refractivity contribution >= 4 is 5.91 Å². The smallest absolute Gasteiger partial charge is 0.252 e. The predicted octanol–water partition coefficient (Wildman–Crippen LogP) is 6.51. The summed E-state index contributed by atoms with van der Waals surface area (Å²) in [5, 5.41) is 3.16. The molecule has 152 valence electrons. The van der Waals surface area contributed by atoms with E-state index in [1.54, 1.807) is 0 Å². The molecule has 0 bridgehead atoms. The molecule has 0 spiro atoms. The van der Waals surface area contributed by atoms with E-state index in [0.717, 1.165) is 22.3 Å². The molecule has 0 saturated heterocycles. The topological polar surface area (TPSA) is 29.1 Å². The van der Waals surface area contributed by atoms with E-state index in [9.17, 15) is 4.79 Å². The molecule has 2 nitrogen and oxygen atoms in total. The predicted molar refractivity (Wildman–Crippen MR) is 120 cm³/mol. The Morgan fingerprint density at radius 1 is 0.750 bits per heavy atom. The van der Waals surface area contributed by atoms with Gasteiger partial charge in [0.15, 0.2) is 0 Å². The van der Waals surface area contributed by atoms with Gasteiger partial charge in [-0.3, -0.25) is 4.79 Å². The Morgan fingerprint density at radius 2 is 1.21 bits per heavy atom. The number of amides is 1. The first kappa shape index (κ1) is 22.2. The van der Waals surface area contributed by atoms with Gasteiger partial charge >= 0.3 is 0 Å². The third kappa shape index (κ3) is 5.25. The van der Waals surface area contributed by atoms with Crippen LogP contribution in [0, 0.1) is 0 Å². The Labute approximate surface area is 171 Å². The van der Waals surface area contributed by atoms with Gasteiger partial charge in [-0.1, -0.05) is 105 Å². The molecule has 0 saturated carbocycles. The molecule has 0 aliphatic heterocycles. The summed E-state index contributed by atoms with van der Waals surface area (Å²) in [4.78, 5) is 13.4. The van der Waals surface area contributed by atoms with Crippen molar-refractivity contribution in [3.63, 3.8) is 0 Å². The molecule has 2 rings (SSSR count). The van der Waals surface area contributed by atoms with Gasteiger partial charge in [-0.05, 0) is 38.5 Å². The van der Waals surface area contributed by atoms with E-state index in [2.05, 4.69) is 79.8 Å². The zero-order valence-electron chi connectivity index (χ0n) is 19.2. The Balaban J connectivity index is 2.61. The standard InChI is InChI=1S/C26H37NO/c1-24(2,3)19-15-20(25(4,5)6)22(21(16-19)26(7,8)9)23(28)27-17-18-13-11-10-12-14-18/h10-16H,17H2,1-9H3,(H,27,28). The molecule has 0 fully saturated rings. The lowest BCUT2D eigenvalue weighted by molar-refractivity contribution is 0.0946. The van der Waals surface area contributed by atoms with Crippen LogP contribution in [-0.2, 0) is 22.8 Å². The highest BCUT2D eigenvalue weighted by Gasteiger charge is 2.31. The first-order valence-electron chi connectivity index (χ1n) is 10.2. The van der Waals surface area contributed by atoms with Crippen LogP contribution in [0.15, 0.2) is 42.5 Å². The van der Waals surface area contributed by atoms with E-state index in [-0.39, 0.29) is 22.2 Å². The van der Waals surface area contributed by atoms with E-state index in [4.69, 9.17) is 0 Å². The average molecular weight is 380 g/mol. The summed E-state index contributed by atoms with van der Waals surface area (Å²) in [5.74, 6) is 0.0131. The number of hydrogen-bond acceptors (Lipinski definition) is 1. The van der Waals surface area contributed by atoms with Crippen LogP contribution in [-0.4, -0.2) is 5.91 Å². The van der Waals surface area contributed by atoms with Gasteiger partial charge in [0.05, 0.1) is 0 Å². The van der Waals surface area contributed by atoms with Crippen molar-refractivity contribution in [2.24, 2.45) is 0 Å². The van der Waals surface area contributed by atoms with Gasteiger partial charge in [0.25, 0.3) is 5.91 Å². The fourth-order valence-electron chi connectivity index (χ4n) is 3.37. The summed E-state index contributed by atoms with van der Waals surface area (Å²) >= 11 is 0. The highest BCUT2D eigenvalue weighted by molar-refractivity contribution is 5.98. The number of carbonyl (C=O) groups is 1. The zero-order valence-corrected chi connectivity index (χ0v) is 19.2. The highest BCUT2D eigenvalue weighted by atomic mass is 16.1. The minimum absolute atomic E-state index is 0.0131. The monoisotopic (exact) mass is 379 g/mol. The minimum atomic E-state index is -0.124. The molecule has 0 aliphatic carbocycles. The van der Waals surface area contributed by atoms with E-state index in [0.29, 0.717) is 6.54 Å². The van der Waals surface area contributed by atoms with E-state index in [1.165, 1.54) is 5.56 Å². The summed E-state index contributed by atoms with van der Waals surface area (Å²) in [6.45, 7) is 20.4. The molecule has 2 aromatic rings. The van der Waals surface area contributed by atoms with Crippen molar-refractivity contribution in [2.45, 2.75) is 85.1 Å². The van der Waals surface area contributed by atoms with Crippen LogP contribution in [0.4, 0.5) is 0 Å². The van der Waals surface area contributed by atoms with E-state index in [1.807, 2.05) is 30.3 Å². The molecule has 28 heavy (non-hydrogen) atoms. The number of hydrogen-bond donors (Lipinski definition) is 1. The fraction of sp³-hybridized carbons (Fsp3) is 0.500. The summed E-state index contributed by atoms with van der Waals surface area (Å²) in [6, 6.07) is 14.6. The first-order valence-corrected chi connectivity index (χ1v) is 10.2. The van der Waals surface area contributed by atoms with Crippen LogP contribution in [0.25, 0.3) is 0 Å². The molecule has 1 N–H and O–H groups in total. The Hall–Kier alpha value is -2.09. The fourth-order valence-corrected chi connectivity index (χ4v) is 3.37. The molecule has 0 aliphatic rings. The number of nitrogens with one attached hydrogen (secondary N) is 1. The van der Waals surface area contributed by atoms with Gasteiger partial charge in [0, 0.05) is 12.1 Å². The van der Waals surface area contributed by atoms with Crippen LogP contribution in [0.3, 0.4) is 0 Å². The van der Waals surface area contributed by atoms with Crippen LogP contribution in [0.1, 0.15) is 94.9 Å². The third-order valence-corrected chi connectivity index (χ3v) is 5.14. The molecule has 0 unspecified atom stereocenters. The normalized spacial score (nSPS) is 12.8. The second-order valence-electron chi connectivity index (χ2n) is 10.9. The highest BCUT2D eigenvalue weighted by Crippen LogP contribution is 2.38. The Kier molecular flexibility index (Phi) is 6.13. The summed E-state index contributed by atoms with van der Waals surface area (Å²) in [6.07, 6.45) is 0. The van der Waals surface area contributed by atoms with Crippen molar-refractivity contribution in [2.75, 3.05) is 0 Å². The molecule has 2 heteroatoms. The first-order chi connectivity index (χ1) is 12.7. The largest absolute Gasteiger partial charge is 0.348 e. The Morgan fingerprint density at radius 3 is 1.61 bits per heavy atom. The second-order valence-corrected chi connectivity index (χ2v) is 10.9. The van der Waals surface area contributed by atoms with E-state index < -0.39 is 0 Å². The van der Waals surface area contributed by atoms with Crippen molar-refractivity contribution in [3.8, 4) is 0 Å². The molecule has 0 atom stereocenters. The van der Waals surface area contributed by atoms with Crippen LogP contribution in [0.2, 0.25) is 0 Å². The van der Waals surface area contributed by atoms with Crippen molar-refractivity contribution < 1.29 is 4.79 Å². The zero-order chi connectivity index (χ0) is 21.3. The minimum Gasteiger partial charge on any atom is -0.348 e. The average Bonchev–Trinajstić information content (AvgIpc) is 2.57. The third-order valence-electron chi connectivity index (χ3n) is 5.14. The van der Waals surface area contributed by atoms with Gasteiger partial charge in [-0.15, -0.1) is 0 Å². The lowest BCUT2D eigenvalue weighted by Crippen LogP contribution is -2.32. The lowest BCUT2D eigenvalue weighted by atomic mass is 9.72. The van der Waals surface area contributed by atoms with Crippen LogP contribution < -0.4 is 5.32 Å². The molecular formula is C26H37NO. The maximum Gasteiger partial charge on any atom is 0.252 e. The summed E-state index contributed by atoms with van der Waals surface area (Å²) in [7, 11) is 0. The molecule has 0 heterocycles. The number of carbonyl (C=O) groups excluding carboxylic acids is 1. The van der Waals surface area contributed by atoms with Crippen molar-refractivity contribution in [1.82, 2.24) is 5.32 Å². The second kappa shape index (κ2) is 7.73. The van der Waals surface area contributed by atoms with Gasteiger partial charge in [0.1, 0.15) is 0 Å². The molecule has 0 aromatic heterocycles. The maximum atomic E-state index is 13.4. The quantitative estimate of drug-likeness (QED) is 0.647. The number of benzene rings is 2. The van der Waals surface area contributed by atoms with Gasteiger partial charge in [0.2, 0.25) is 0 Å². The molecule has 0 radical (unpaired) electrons. The van der Waals surface area contributed by atoms with Gasteiger partial charge in [-0.2, -0.15) is 0 Å². The lowest BCUT2D eigenvalue weighted by Gasteiger charge is -2.33. The van der Waals surface area contributed by atoms with Crippen molar-refractivity contribution in [3.05, 3.63) is 70.3 Å². The molecular weight excluding hydrogens is 342 g/mol. The van der Waals surface area contributed by atoms with Crippen LogP contribution >= 0.6 is 0 Å².